The average Bonchev–Trinajstić information content (AvgIpc) is 3.53. The molecule has 0 aliphatic rings. The standard InChI is InChI=1S/C22H19N7O/c30-22(26-18-13-25-29(14-18)9-8-15-4-2-1-3-5-15)21-19-7-6-16(10-20(19)27-28-21)17-11-23-24-12-17/h1-7,10-14H,8-9H2,(H,23,24)(H,26,30)(H,27,28). The molecule has 2 aromatic carbocycles. The second-order valence-electron chi connectivity index (χ2n) is 7.00. The van der Waals surface area contributed by atoms with Gasteiger partial charge in [-0.25, -0.2) is 0 Å². The minimum absolute atomic E-state index is 0.278. The lowest BCUT2D eigenvalue weighted by atomic mass is 10.1. The van der Waals surface area contributed by atoms with Gasteiger partial charge in [0.2, 0.25) is 0 Å². The molecule has 0 atom stereocenters. The lowest BCUT2D eigenvalue weighted by Crippen LogP contribution is -2.12. The van der Waals surface area contributed by atoms with Gasteiger partial charge in [0.15, 0.2) is 5.69 Å². The van der Waals surface area contributed by atoms with E-state index in [4.69, 9.17) is 0 Å². The van der Waals surface area contributed by atoms with Crippen molar-refractivity contribution in [1.82, 2.24) is 30.2 Å². The number of fused-ring (bicyclic) bond motifs is 1. The lowest BCUT2D eigenvalue weighted by molar-refractivity contribution is 0.102. The van der Waals surface area contributed by atoms with Crippen molar-refractivity contribution in [1.29, 1.82) is 0 Å². The van der Waals surface area contributed by atoms with Crippen molar-refractivity contribution in [2.75, 3.05) is 5.32 Å². The molecule has 5 aromatic rings. The number of anilines is 1. The van der Waals surface area contributed by atoms with Gasteiger partial charge < -0.3 is 5.32 Å². The minimum atomic E-state index is -0.278. The van der Waals surface area contributed by atoms with Gasteiger partial charge in [0.1, 0.15) is 0 Å². The van der Waals surface area contributed by atoms with Gasteiger partial charge in [-0.3, -0.25) is 19.7 Å². The van der Waals surface area contributed by atoms with Gasteiger partial charge in [-0.15, -0.1) is 0 Å². The smallest absolute Gasteiger partial charge is 0.276 e. The second kappa shape index (κ2) is 7.67. The van der Waals surface area contributed by atoms with Crippen LogP contribution in [-0.4, -0.2) is 36.1 Å². The Morgan fingerprint density at radius 2 is 1.97 bits per heavy atom. The van der Waals surface area contributed by atoms with Crippen molar-refractivity contribution < 1.29 is 4.79 Å². The molecule has 0 unspecified atom stereocenters. The number of hydrogen-bond acceptors (Lipinski definition) is 4. The third-order valence-electron chi connectivity index (χ3n) is 4.97. The summed E-state index contributed by atoms with van der Waals surface area (Å²) in [6.07, 6.45) is 7.92. The van der Waals surface area contributed by atoms with Gasteiger partial charge in [-0.05, 0) is 29.7 Å². The zero-order valence-electron chi connectivity index (χ0n) is 16.0. The first-order valence-electron chi connectivity index (χ1n) is 9.61. The van der Waals surface area contributed by atoms with E-state index in [1.807, 2.05) is 53.5 Å². The number of rotatable bonds is 6. The van der Waals surface area contributed by atoms with Crippen LogP contribution < -0.4 is 5.32 Å². The van der Waals surface area contributed by atoms with E-state index in [0.29, 0.717) is 11.4 Å². The van der Waals surface area contributed by atoms with Crippen LogP contribution in [0.4, 0.5) is 5.69 Å². The van der Waals surface area contributed by atoms with E-state index >= 15 is 0 Å². The molecule has 148 valence electrons. The molecule has 0 saturated heterocycles. The third kappa shape index (κ3) is 3.58. The highest BCUT2D eigenvalue weighted by molar-refractivity contribution is 6.11. The Morgan fingerprint density at radius 1 is 1.07 bits per heavy atom. The minimum Gasteiger partial charge on any atom is -0.318 e. The predicted molar refractivity (Wildman–Crippen MR) is 114 cm³/mol. The molecule has 0 aliphatic carbocycles. The lowest BCUT2D eigenvalue weighted by Gasteiger charge is -2.02. The summed E-state index contributed by atoms with van der Waals surface area (Å²) in [4.78, 5) is 12.7. The SMILES string of the molecule is O=C(Nc1cnn(CCc2ccccc2)c1)c1n[nH]c2cc(-c3cn[nH]c3)ccc12. The highest BCUT2D eigenvalue weighted by Crippen LogP contribution is 2.24. The van der Waals surface area contributed by atoms with Crippen LogP contribution in [0.5, 0.6) is 0 Å². The van der Waals surface area contributed by atoms with Crippen LogP contribution in [0.25, 0.3) is 22.0 Å². The first-order chi connectivity index (χ1) is 14.8. The number of benzene rings is 2. The van der Waals surface area contributed by atoms with Crippen molar-refractivity contribution in [3.63, 3.8) is 0 Å². The first kappa shape index (κ1) is 17.9. The topological polar surface area (TPSA) is 104 Å². The monoisotopic (exact) mass is 397 g/mol. The van der Waals surface area contributed by atoms with Gasteiger partial charge >= 0.3 is 0 Å². The van der Waals surface area contributed by atoms with Crippen molar-refractivity contribution in [2.45, 2.75) is 13.0 Å². The zero-order valence-corrected chi connectivity index (χ0v) is 16.0. The van der Waals surface area contributed by atoms with Crippen LogP contribution in [0, 0.1) is 0 Å². The second-order valence-corrected chi connectivity index (χ2v) is 7.00. The molecular weight excluding hydrogens is 378 g/mol. The first-order valence-corrected chi connectivity index (χ1v) is 9.61. The number of carbonyl (C=O) groups is 1. The fraction of sp³-hybridized carbons (Fsp3) is 0.0909. The van der Waals surface area contributed by atoms with Crippen molar-refractivity contribution >= 4 is 22.5 Å². The largest absolute Gasteiger partial charge is 0.318 e. The quantitative estimate of drug-likeness (QED) is 0.407. The van der Waals surface area contributed by atoms with Gasteiger partial charge in [0, 0.05) is 29.9 Å². The summed E-state index contributed by atoms with van der Waals surface area (Å²) in [7, 11) is 0. The van der Waals surface area contributed by atoms with E-state index in [9.17, 15) is 4.79 Å². The number of aromatic nitrogens is 6. The molecule has 1 amide bonds. The molecule has 3 heterocycles. The maximum atomic E-state index is 12.7. The van der Waals surface area contributed by atoms with Crippen LogP contribution in [0.1, 0.15) is 16.1 Å². The Balaban J connectivity index is 1.28. The number of amides is 1. The fourth-order valence-corrected chi connectivity index (χ4v) is 3.41. The summed E-state index contributed by atoms with van der Waals surface area (Å²) in [5.41, 5.74) is 4.99. The van der Waals surface area contributed by atoms with Crippen LogP contribution in [0.2, 0.25) is 0 Å². The van der Waals surface area contributed by atoms with E-state index in [0.717, 1.165) is 35.0 Å². The normalized spacial score (nSPS) is 11.1. The van der Waals surface area contributed by atoms with E-state index in [-0.39, 0.29) is 5.91 Å². The number of hydrogen-bond donors (Lipinski definition) is 3. The number of aromatic amines is 2. The number of H-pyrrole nitrogens is 2. The fourth-order valence-electron chi connectivity index (χ4n) is 3.41. The van der Waals surface area contributed by atoms with E-state index < -0.39 is 0 Å². The van der Waals surface area contributed by atoms with Crippen LogP contribution >= 0.6 is 0 Å². The number of nitrogens with zero attached hydrogens (tertiary/aromatic N) is 4. The number of nitrogens with one attached hydrogen (secondary N) is 3. The molecule has 3 N–H and O–H groups in total. The van der Waals surface area contributed by atoms with Gasteiger partial charge in [0.25, 0.3) is 5.91 Å². The molecule has 0 aliphatic heterocycles. The maximum Gasteiger partial charge on any atom is 0.276 e. The number of carbonyl (C=O) groups excluding carboxylic acids is 1. The van der Waals surface area contributed by atoms with Crippen molar-refractivity contribution in [3.8, 4) is 11.1 Å². The zero-order chi connectivity index (χ0) is 20.3. The molecule has 30 heavy (non-hydrogen) atoms. The summed E-state index contributed by atoms with van der Waals surface area (Å²) in [5.74, 6) is -0.278. The van der Waals surface area contributed by atoms with E-state index in [1.54, 1.807) is 12.4 Å². The molecule has 0 spiro atoms. The van der Waals surface area contributed by atoms with Crippen LogP contribution in [0.3, 0.4) is 0 Å². The molecule has 8 nitrogen and oxygen atoms in total. The summed E-state index contributed by atoms with van der Waals surface area (Å²) < 4.78 is 1.82. The van der Waals surface area contributed by atoms with Gasteiger partial charge in [-0.1, -0.05) is 36.4 Å². The summed E-state index contributed by atoms with van der Waals surface area (Å²) in [6, 6.07) is 16.0. The summed E-state index contributed by atoms with van der Waals surface area (Å²) in [6.45, 7) is 0.738. The predicted octanol–water partition coefficient (Wildman–Crippen LogP) is 3.64. The van der Waals surface area contributed by atoms with Gasteiger partial charge in [0.05, 0.1) is 23.6 Å². The molecule has 0 radical (unpaired) electrons. The van der Waals surface area contributed by atoms with Gasteiger partial charge in [-0.2, -0.15) is 15.3 Å². The van der Waals surface area contributed by atoms with Crippen molar-refractivity contribution in [2.24, 2.45) is 0 Å². The molecule has 8 heteroatoms. The van der Waals surface area contributed by atoms with Crippen LogP contribution in [0.15, 0.2) is 73.3 Å². The molecule has 5 rings (SSSR count). The highest BCUT2D eigenvalue weighted by Gasteiger charge is 2.16. The van der Waals surface area contributed by atoms with E-state index in [1.165, 1.54) is 5.56 Å². The number of aryl methyl sites for hydroxylation is 2. The Hall–Kier alpha value is -4.20. The molecule has 0 fully saturated rings. The van der Waals surface area contributed by atoms with Crippen molar-refractivity contribution in [3.05, 3.63) is 84.6 Å². The Bertz CT molecular complexity index is 1290. The molecule has 3 aromatic heterocycles. The Kier molecular flexibility index (Phi) is 4.57. The Labute approximate surface area is 171 Å². The molecular formula is C22H19N7O. The molecule has 0 saturated carbocycles. The third-order valence-corrected chi connectivity index (χ3v) is 4.97. The van der Waals surface area contributed by atoms with E-state index in [2.05, 4.69) is 42.9 Å². The molecule has 0 bridgehead atoms. The Morgan fingerprint density at radius 3 is 2.80 bits per heavy atom. The summed E-state index contributed by atoms with van der Waals surface area (Å²) in [5, 5.41) is 21.9. The summed E-state index contributed by atoms with van der Waals surface area (Å²) >= 11 is 0. The van der Waals surface area contributed by atoms with Crippen LogP contribution in [-0.2, 0) is 13.0 Å². The highest BCUT2D eigenvalue weighted by atomic mass is 16.2. The maximum absolute atomic E-state index is 12.7. The average molecular weight is 397 g/mol.